The number of aryl methyl sites for hydroxylation is 1. The first kappa shape index (κ1) is 20.8. The molecular weight excluding hydrogens is 394 g/mol. The second kappa shape index (κ2) is 8.64. The lowest BCUT2D eigenvalue weighted by Gasteiger charge is -2.11. The number of nitrogens with zero attached hydrogens (tertiary/aromatic N) is 1. The van der Waals surface area contributed by atoms with Crippen LogP contribution in [0.25, 0.3) is 11.0 Å². The summed E-state index contributed by atoms with van der Waals surface area (Å²) in [6.07, 6.45) is 0.766. The number of nitro benzene ring substituents is 1. The van der Waals surface area contributed by atoms with Gasteiger partial charge in [-0.05, 0) is 18.1 Å². The molecule has 0 unspecified atom stereocenters. The molecule has 9 heteroatoms. The molecule has 0 N–H and O–H groups in total. The minimum Gasteiger partial charge on any atom is -0.493 e. The Kier molecular flexibility index (Phi) is 6.01. The van der Waals surface area contributed by atoms with Crippen molar-refractivity contribution in [1.29, 1.82) is 0 Å². The first-order valence-electron chi connectivity index (χ1n) is 9.01. The summed E-state index contributed by atoms with van der Waals surface area (Å²) in [7, 11) is 2.67. The van der Waals surface area contributed by atoms with Crippen LogP contribution >= 0.6 is 0 Å². The van der Waals surface area contributed by atoms with E-state index in [2.05, 4.69) is 0 Å². The van der Waals surface area contributed by atoms with Gasteiger partial charge >= 0.3 is 11.6 Å². The van der Waals surface area contributed by atoms with Gasteiger partial charge in [-0.15, -0.1) is 0 Å². The maximum atomic E-state index is 12.6. The fraction of sp³-hybridized carbons (Fsp3) is 0.238. The molecule has 0 saturated heterocycles. The fourth-order valence-corrected chi connectivity index (χ4v) is 3.02. The number of fused-ring (bicyclic) bond motifs is 1. The Morgan fingerprint density at radius 1 is 1.10 bits per heavy atom. The molecular formula is C21H19NO8. The summed E-state index contributed by atoms with van der Waals surface area (Å²) in [5.41, 5.74) is 0.436. The Balaban J connectivity index is 1.94. The van der Waals surface area contributed by atoms with Crippen LogP contribution in [0.5, 0.6) is 11.5 Å². The molecule has 0 amide bonds. The molecule has 0 aliphatic heterocycles. The van der Waals surface area contributed by atoms with E-state index in [1.54, 1.807) is 12.1 Å². The van der Waals surface area contributed by atoms with E-state index in [0.717, 1.165) is 18.1 Å². The van der Waals surface area contributed by atoms with Crippen LogP contribution in [-0.4, -0.2) is 25.1 Å². The molecule has 156 valence electrons. The molecule has 3 aromatic rings. The number of carbonyl (C=O) groups is 1. The number of benzene rings is 2. The highest BCUT2D eigenvalue weighted by atomic mass is 16.6. The lowest BCUT2D eigenvalue weighted by atomic mass is 10.1. The van der Waals surface area contributed by atoms with Gasteiger partial charge in [0.25, 0.3) is 5.69 Å². The highest BCUT2D eigenvalue weighted by molar-refractivity contribution is 5.95. The van der Waals surface area contributed by atoms with Crippen LogP contribution in [-0.2, 0) is 17.8 Å². The van der Waals surface area contributed by atoms with Gasteiger partial charge in [0.05, 0.1) is 25.2 Å². The van der Waals surface area contributed by atoms with Crippen LogP contribution in [0.2, 0.25) is 0 Å². The van der Waals surface area contributed by atoms with Gasteiger partial charge in [-0.25, -0.2) is 9.59 Å². The Morgan fingerprint density at radius 2 is 1.80 bits per heavy atom. The third-order valence-corrected chi connectivity index (χ3v) is 4.58. The van der Waals surface area contributed by atoms with Crippen LogP contribution in [0.3, 0.4) is 0 Å². The molecule has 0 radical (unpaired) electrons. The van der Waals surface area contributed by atoms with Crippen LogP contribution < -0.4 is 15.1 Å². The summed E-state index contributed by atoms with van der Waals surface area (Å²) in [5, 5.41) is 12.0. The monoisotopic (exact) mass is 413 g/mol. The van der Waals surface area contributed by atoms with E-state index in [1.165, 1.54) is 26.4 Å². The van der Waals surface area contributed by atoms with Crippen molar-refractivity contribution in [3.63, 3.8) is 0 Å². The number of ether oxygens (including phenoxy) is 3. The second-order valence-electron chi connectivity index (χ2n) is 6.33. The summed E-state index contributed by atoms with van der Waals surface area (Å²) >= 11 is 0. The topological polar surface area (TPSA) is 118 Å². The van der Waals surface area contributed by atoms with Crippen LogP contribution in [0, 0.1) is 10.1 Å². The average Bonchev–Trinajstić information content (AvgIpc) is 2.75. The van der Waals surface area contributed by atoms with Crippen LogP contribution in [0.4, 0.5) is 5.69 Å². The fourth-order valence-electron chi connectivity index (χ4n) is 3.02. The number of esters is 1. The Labute approximate surface area is 170 Å². The van der Waals surface area contributed by atoms with Crippen molar-refractivity contribution >= 4 is 22.6 Å². The number of methoxy groups -OCH3 is 2. The summed E-state index contributed by atoms with van der Waals surface area (Å²) in [4.78, 5) is 35.2. The van der Waals surface area contributed by atoms with Gasteiger partial charge in [0.1, 0.15) is 17.8 Å². The molecule has 1 aromatic heterocycles. The van der Waals surface area contributed by atoms with Gasteiger partial charge in [0, 0.05) is 23.1 Å². The summed E-state index contributed by atoms with van der Waals surface area (Å²) in [6.45, 7) is 1.71. The summed E-state index contributed by atoms with van der Waals surface area (Å²) in [6, 6.07) is 8.91. The molecule has 0 aliphatic carbocycles. The number of rotatable bonds is 7. The van der Waals surface area contributed by atoms with E-state index in [-0.39, 0.29) is 23.7 Å². The van der Waals surface area contributed by atoms with E-state index < -0.39 is 22.2 Å². The van der Waals surface area contributed by atoms with Gasteiger partial charge in [0.2, 0.25) is 0 Å². The predicted octanol–water partition coefficient (Wildman–Crippen LogP) is 3.64. The maximum Gasteiger partial charge on any atom is 0.345 e. The zero-order valence-corrected chi connectivity index (χ0v) is 16.6. The Bertz CT molecular complexity index is 1180. The normalized spacial score (nSPS) is 10.6. The molecule has 0 fully saturated rings. The van der Waals surface area contributed by atoms with E-state index in [0.29, 0.717) is 16.5 Å². The van der Waals surface area contributed by atoms with Crippen molar-refractivity contribution in [2.24, 2.45) is 0 Å². The van der Waals surface area contributed by atoms with E-state index in [9.17, 15) is 19.7 Å². The zero-order valence-electron chi connectivity index (χ0n) is 16.6. The quantitative estimate of drug-likeness (QED) is 0.249. The Morgan fingerprint density at radius 3 is 2.43 bits per heavy atom. The molecule has 9 nitrogen and oxygen atoms in total. The minimum absolute atomic E-state index is 0.110. The highest BCUT2D eigenvalue weighted by Gasteiger charge is 2.26. The average molecular weight is 413 g/mol. The largest absolute Gasteiger partial charge is 0.493 e. The standard InChI is InChI=1S/C21H19NO8/c1-4-12-5-6-14-13(8-20(23)30-17(14)7-12)11-29-21(24)15-9-18(27-2)19(28-3)10-16(15)22(25)26/h5-10H,4,11H2,1-3H3. The van der Waals surface area contributed by atoms with Gasteiger partial charge in [-0.1, -0.05) is 19.1 Å². The van der Waals surface area contributed by atoms with Gasteiger partial charge in [-0.3, -0.25) is 10.1 Å². The van der Waals surface area contributed by atoms with E-state index in [1.807, 2.05) is 13.0 Å². The third-order valence-electron chi connectivity index (χ3n) is 4.58. The van der Waals surface area contributed by atoms with Gasteiger partial charge < -0.3 is 18.6 Å². The van der Waals surface area contributed by atoms with Crippen molar-refractivity contribution in [3.8, 4) is 11.5 Å². The maximum absolute atomic E-state index is 12.6. The molecule has 0 saturated carbocycles. The first-order valence-corrected chi connectivity index (χ1v) is 9.01. The van der Waals surface area contributed by atoms with Crippen molar-refractivity contribution in [3.05, 3.63) is 73.6 Å². The molecule has 0 spiro atoms. The molecule has 30 heavy (non-hydrogen) atoms. The molecule has 0 aliphatic rings. The number of hydrogen-bond acceptors (Lipinski definition) is 8. The van der Waals surface area contributed by atoms with E-state index >= 15 is 0 Å². The lowest BCUT2D eigenvalue weighted by molar-refractivity contribution is -0.385. The summed E-state index contributed by atoms with van der Waals surface area (Å²) in [5.74, 6) is -0.679. The smallest absolute Gasteiger partial charge is 0.345 e. The molecule has 2 aromatic carbocycles. The van der Waals surface area contributed by atoms with Gasteiger partial charge in [-0.2, -0.15) is 0 Å². The van der Waals surface area contributed by atoms with Crippen molar-refractivity contribution in [1.82, 2.24) is 0 Å². The highest BCUT2D eigenvalue weighted by Crippen LogP contribution is 2.35. The third kappa shape index (κ3) is 4.09. The van der Waals surface area contributed by atoms with Crippen molar-refractivity contribution in [2.45, 2.75) is 20.0 Å². The molecule has 0 bridgehead atoms. The lowest BCUT2D eigenvalue weighted by Crippen LogP contribution is -2.10. The van der Waals surface area contributed by atoms with E-state index in [4.69, 9.17) is 18.6 Å². The van der Waals surface area contributed by atoms with Crippen molar-refractivity contribution < 1.29 is 28.3 Å². The van der Waals surface area contributed by atoms with Crippen LogP contribution in [0.1, 0.15) is 28.4 Å². The first-order chi connectivity index (χ1) is 14.4. The number of carbonyl (C=O) groups excluding carboxylic acids is 1. The van der Waals surface area contributed by atoms with Crippen molar-refractivity contribution in [2.75, 3.05) is 14.2 Å². The minimum atomic E-state index is -0.936. The SMILES string of the molecule is CCc1ccc2c(COC(=O)c3cc(OC)c(OC)cc3[N+](=O)[O-])cc(=O)oc2c1. The van der Waals surface area contributed by atoms with Gasteiger partial charge in [0.15, 0.2) is 11.5 Å². The summed E-state index contributed by atoms with van der Waals surface area (Å²) < 4.78 is 20.7. The number of nitro groups is 1. The Hall–Kier alpha value is -3.88. The van der Waals surface area contributed by atoms with Crippen LogP contribution in [0.15, 0.2) is 45.6 Å². The molecule has 0 atom stereocenters. The number of hydrogen-bond donors (Lipinski definition) is 0. The molecule has 3 rings (SSSR count). The predicted molar refractivity (Wildman–Crippen MR) is 107 cm³/mol. The zero-order chi connectivity index (χ0) is 21.8. The molecule has 1 heterocycles. The second-order valence-corrected chi connectivity index (χ2v) is 6.33.